The van der Waals surface area contributed by atoms with Crippen molar-refractivity contribution in [3.8, 4) is 0 Å². The second-order valence-corrected chi connectivity index (χ2v) is 7.86. The van der Waals surface area contributed by atoms with Gasteiger partial charge in [-0.25, -0.2) is 9.97 Å². The first kappa shape index (κ1) is 19.7. The molecule has 5 nitrogen and oxygen atoms in total. The lowest BCUT2D eigenvalue weighted by molar-refractivity contribution is -0.121. The Bertz CT molecular complexity index is 801. The maximum atomic E-state index is 12.3. The Morgan fingerprint density at radius 1 is 1.26 bits per heavy atom. The van der Waals surface area contributed by atoms with Gasteiger partial charge in [0.2, 0.25) is 5.91 Å². The van der Waals surface area contributed by atoms with Crippen LogP contribution in [0, 0.1) is 13.8 Å². The number of amides is 1. The molecule has 1 amide bonds. The molecule has 1 N–H and O–H groups in total. The number of rotatable bonds is 7. The fourth-order valence-electron chi connectivity index (χ4n) is 3.77. The van der Waals surface area contributed by atoms with E-state index in [0.29, 0.717) is 25.4 Å². The quantitative estimate of drug-likeness (QED) is 0.586. The van der Waals surface area contributed by atoms with E-state index in [-0.39, 0.29) is 5.91 Å². The van der Waals surface area contributed by atoms with Gasteiger partial charge in [0.25, 0.3) is 0 Å². The van der Waals surface area contributed by atoms with Crippen molar-refractivity contribution in [1.82, 2.24) is 15.3 Å². The van der Waals surface area contributed by atoms with Crippen LogP contribution in [0.15, 0.2) is 29.4 Å². The van der Waals surface area contributed by atoms with Gasteiger partial charge in [-0.1, -0.05) is 30.0 Å². The van der Waals surface area contributed by atoms with Gasteiger partial charge in [0, 0.05) is 42.6 Å². The van der Waals surface area contributed by atoms with Crippen LogP contribution in [-0.4, -0.2) is 41.3 Å². The largest absolute Gasteiger partial charge is 0.367 e. The molecule has 1 atom stereocenters. The minimum absolute atomic E-state index is 0.0860. The van der Waals surface area contributed by atoms with Gasteiger partial charge in [-0.05, 0) is 57.1 Å². The summed E-state index contributed by atoms with van der Waals surface area (Å²) >= 11 is 1.54. The molecule has 3 rings (SSSR count). The highest BCUT2D eigenvalue weighted by atomic mass is 32.2. The Morgan fingerprint density at radius 2 is 1.96 bits per heavy atom. The molecule has 2 aromatic rings. The Morgan fingerprint density at radius 3 is 2.67 bits per heavy atom. The van der Waals surface area contributed by atoms with Crippen LogP contribution < -0.4 is 10.2 Å². The predicted molar refractivity (Wildman–Crippen MR) is 112 cm³/mol. The van der Waals surface area contributed by atoms with Crippen LogP contribution in [0.3, 0.4) is 0 Å². The summed E-state index contributed by atoms with van der Waals surface area (Å²) in [6, 6.07) is 9.02. The molecule has 1 aromatic carbocycles. The van der Waals surface area contributed by atoms with Gasteiger partial charge in [0.15, 0.2) is 5.16 Å². The molecule has 1 aliphatic rings. The number of carbonyl (C=O) groups is 1. The van der Waals surface area contributed by atoms with Gasteiger partial charge >= 0.3 is 0 Å². The molecule has 144 valence electrons. The number of aromatic nitrogens is 2. The smallest absolute Gasteiger partial charge is 0.220 e. The number of carbonyl (C=O) groups excluding carboxylic acids is 1. The molecule has 2 heterocycles. The number of hydrogen-bond acceptors (Lipinski definition) is 5. The van der Waals surface area contributed by atoms with Crippen LogP contribution in [-0.2, 0) is 17.6 Å². The topological polar surface area (TPSA) is 58.1 Å². The monoisotopic (exact) mass is 384 g/mol. The highest BCUT2D eigenvalue weighted by molar-refractivity contribution is 7.98. The van der Waals surface area contributed by atoms with Gasteiger partial charge in [-0.2, -0.15) is 0 Å². The lowest BCUT2D eigenvalue weighted by Gasteiger charge is -2.25. The lowest BCUT2D eigenvalue weighted by atomic mass is 10.1. The van der Waals surface area contributed by atoms with E-state index in [2.05, 4.69) is 51.4 Å². The zero-order valence-electron chi connectivity index (χ0n) is 16.6. The van der Waals surface area contributed by atoms with E-state index in [1.165, 1.54) is 11.3 Å². The molecule has 0 bridgehead atoms. The second kappa shape index (κ2) is 8.74. The Balaban J connectivity index is 1.48. The minimum atomic E-state index is 0.0860. The molecule has 1 aromatic heterocycles. The van der Waals surface area contributed by atoms with Crippen molar-refractivity contribution in [3.05, 3.63) is 46.8 Å². The van der Waals surface area contributed by atoms with Gasteiger partial charge in [0.1, 0.15) is 0 Å². The summed E-state index contributed by atoms with van der Waals surface area (Å²) in [4.78, 5) is 23.7. The summed E-state index contributed by atoms with van der Waals surface area (Å²) in [7, 11) is 0. The van der Waals surface area contributed by atoms with E-state index < -0.39 is 0 Å². The van der Waals surface area contributed by atoms with Crippen LogP contribution in [0.4, 0.5) is 5.69 Å². The van der Waals surface area contributed by atoms with Gasteiger partial charge in [0.05, 0.1) is 0 Å². The third-order valence-electron chi connectivity index (χ3n) is 5.21. The molecule has 0 aliphatic carbocycles. The van der Waals surface area contributed by atoms with Gasteiger partial charge in [-0.3, -0.25) is 4.79 Å². The van der Waals surface area contributed by atoms with Gasteiger partial charge in [-0.15, -0.1) is 0 Å². The van der Waals surface area contributed by atoms with Crippen LogP contribution >= 0.6 is 11.8 Å². The normalized spacial score (nSPS) is 15.7. The Labute approximate surface area is 166 Å². The minimum Gasteiger partial charge on any atom is -0.367 e. The fourth-order valence-corrected chi connectivity index (χ4v) is 4.23. The van der Waals surface area contributed by atoms with E-state index in [9.17, 15) is 4.79 Å². The number of fused-ring (bicyclic) bond motifs is 1. The summed E-state index contributed by atoms with van der Waals surface area (Å²) in [6.45, 7) is 7.73. The molecule has 0 saturated carbocycles. The first-order valence-corrected chi connectivity index (χ1v) is 10.7. The number of para-hydroxylation sites is 1. The number of hydrogen-bond donors (Lipinski definition) is 1. The molecule has 0 spiro atoms. The molecule has 1 aliphatic heterocycles. The van der Waals surface area contributed by atoms with Crippen molar-refractivity contribution in [2.45, 2.75) is 51.2 Å². The molecule has 0 saturated heterocycles. The van der Waals surface area contributed by atoms with E-state index >= 15 is 0 Å². The predicted octanol–water partition coefficient (Wildman–Crippen LogP) is 3.32. The van der Waals surface area contributed by atoms with E-state index in [1.807, 2.05) is 20.1 Å². The Kier molecular flexibility index (Phi) is 6.37. The van der Waals surface area contributed by atoms with Gasteiger partial charge < -0.3 is 10.2 Å². The average molecular weight is 385 g/mol. The summed E-state index contributed by atoms with van der Waals surface area (Å²) in [5.74, 6) is 0.0860. The van der Waals surface area contributed by atoms with Crippen LogP contribution in [0.1, 0.15) is 35.9 Å². The van der Waals surface area contributed by atoms with E-state index in [1.54, 1.807) is 11.8 Å². The molecule has 0 radical (unpaired) electrons. The van der Waals surface area contributed by atoms with Crippen LogP contribution in [0.2, 0.25) is 0 Å². The summed E-state index contributed by atoms with van der Waals surface area (Å²) in [5.41, 5.74) is 5.74. The first-order chi connectivity index (χ1) is 13.0. The first-order valence-electron chi connectivity index (χ1n) is 9.49. The maximum absolute atomic E-state index is 12.3. The number of aryl methyl sites for hydroxylation is 2. The average Bonchev–Trinajstić information content (AvgIpc) is 2.96. The van der Waals surface area contributed by atoms with E-state index in [4.69, 9.17) is 0 Å². The molecule has 6 heteroatoms. The van der Waals surface area contributed by atoms with E-state index in [0.717, 1.165) is 35.1 Å². The summed E-state index contributed by atoms with van der Waals surface area (Å²) < 4.78 is 0. The lowest BCUT2D eigenvalue weighted by Crippen LogP contribution is -2.38. The zero-order chi connectivity index (χ0) is 19.4. The second-order valence-electron chi connectivity index (χ2n) is 7.08. The highest BCUT2D eigenvalue weighted by Gasteiger charge is 2.24. The number of thioether (sulfide) groups is 1. The van der Waals surface area contributed by atoms with Crippen LogP contribution in [0.5, 0.6) is 0 Å². The zero-order valence-corrected chi connectivity index (χ0v) is 17.4. The highest BCUT2D eigenvalue weighted by Crippen LogP contribution is 2.31. The molecular formula is C21H28N4OS. The number of anilines is 1. The van der Waals surface area contributed by atoms with Crippen molar-refractivity contribution >= 4 is 23.4 Å². The molecule has 1 unspecified atom stereocenters. The molecule has 0 fully saturated rings. The third-order valence-corrected chi connectivity index (χ3v) is 5.76. The SMILES string of the molecule is CSc1nc(C)c(CCC(=O)NCCN2c3ccccc3CC2C)c(C)n1. The van der Waals surface area contributed by atoms with Crippen molar-refractivity contribution < 1.29 is 4.79 Å². The maximum Gasteiger partial charge on any atom is 0.220 e. The van der Waals surface area contributed by atoms with Crippen molar-refractivity contribution in [3.63, 3.8) is 0 Å². The number of nitrogens with one attached hydrogen (secondary N) is 1. The fraction of sp³-hybridized carbons (Fsp3) is 0.476. The summed E-state index contributed by atoms with van der Waals surface area (Å²) in [6.07, 6.45) is 4.20. The van der Waals surface area contributed by atoms with Crippen LogP contribution in [0.25, 0.3) is 0 Å². The summed E-state index contributed by atoms with van der Waals surface area (Å²) in [5, 5.41) is 3.86. The van der Waals surface area contributed by atoms with Crippen molar-refractivity contribution in [1.29, 1.82) is 0 Å². The third kappa shape index (κ3) is 4.61. The standard InChI is InChI=1S/C21H28N4OS/c1-14-13-17-7-5-6-8-19(17)25(14)12-11-22-20(26)10-9-18-15(2)23-21(27-4)24-16(18)3/h5-8,14H,9-13H2,1-4H3,(H,22,26). The Hall–Kier alpha value is -2.08. The molecular weight excluding hydrogens is 356 g/mol. The number of benzene rings is 1. The van der Waals surface area contributed by atoms with Crippen molar-refractivity contribution in [2.24, 2.45) is 0 Å². The van der Waals surface area contributed by atoms with Crippen molar-refractivity contribution in [2.75, 3.05) is 24.2 Å². The number of nitrogens with zero attached hydrogens (tertiary/aromatic N) is 3. The molecule has 27 heavy (non-hydrogen) atoms.